The van der Waals surface area contributed by atoms with Crippen LogP contribution in [0.15, 0.2) is 36.8 Å². The van der Waals surface area contributed by atoms with Gasteiger partial charge in [0.25, 0.3) is 0 Å². The summed E-state index contributed by atoms with van der Waals surface area (Å²) < 4.78 is 10.4. The highest BCUT2D eigenvalue weighted by Crippen LogP contribution is 2.26. The summed E-state index contributed by atoms with van der Waals surface area (Å²) in [4.78, 5) is 14.0. The molecule has 0 unspecified atom stereocenters. The second kappa shape index (κ2) is 9.54. The Morgan fingerprint density at radius 2 is 1.88 bits per heavy atom. The van der Waals surface area contributed by atoms with Crippen molar-refractivity contribution in [2.75, 3.05) is 20.7 Å². The summed E-state index contributed by atoms with van der Waals surface area (Å²) in [5, 5.41) is 2.99. The third kappa shape index (κ3) is 8.14. The Labute approximate surface area is 152 Å². The van der Waals surface area contributed by atoms with Crippen LogP contribution >= 0.6 is 0 Å². The largest absolute Gasteiger partial charge is 0.497 e. The Balaban J connectivity index is 2.43. The number of methoxy groups -OCH3 is 1. The molecule has 0 atom stereocenters. The molecule has 0 aromatic rings. The van der Waals surface area contributed by atoms with Gasteiger partial charge in [-0.1, -0.05) is 13.2 Å². The zero-order valence-electron chi connectivity index (χ0n) is 16.4. The van der Waals surface area contributed by atoms with E-state index in [0.29, 0.717) is 11.7 Å². The third-order valence-corrected chi connectivity index (χ3v) is 4.32. The van der Waals surface area contributed by atoms with Gasteiger partial charge in [0, 0.05) is 31.4 Å². The molecular formula is C20H34N2O3. The van der Waals surface area contributed by atoms with E-state index in [4.69, 9.17) is 9.47 Å². The smallest absolute Gasteiger partial charge is 0.407 e. The maximum absolute atomic E-state index is 11.9. The van der Waals surface area contributed by atoms with E-state index in [1.807, 2.05) is 32.9 Å². The predicted octanol–water partition coefficient (Wildman–Crippen LogP) is 4.23. The number of allylic oxidation sites excluding steroid dienone is 2. The van der Waals surface area contributed by atoms with Crippen LogP contribution in [0.25, 0.3) is 0 Å². The fraction of sp³-hybridized carbons (Fsp3) is 0.650. The molecule has 0 radical (unpaired) electrons. The van der Waals surface area contributed by atoms with E-state index in [-0.39, 0.29) is 12.1 Å². The molecule has 25 heavy (non-hydrogen) atoms. The van der Waals surface area contributed by atoms with Gasteiger partial charge in [0.1, 0.15) is 11.4 Å². The number of ether oxygens (including phenoxy) is 2. The number of amides is 1. The molecule has 0 aromatic heterocycles. The molecule has 142 valence electrons. The summed E-state index contributed by atoms with van der Waals surface area (Å²) in [5.74, 6) is 1.22. The minimum Gasteiger partial charge on any atom is -0.497 e. The van der Waals surface area contributed by atoms with Crippen molar-refractivity contribution in [2.24, 2.45) is 5.92 Å². The number of hydrogen-bond acceptors (Lipinski definition) is 4. The van der Waals surface area contributed by atoms with Gasteiger partial charge in [0.15, 0.2) is 0 Å². The highest BCUT2D eigenvalue weighted by atomic mass is 16.6. The van der Waals surface area contributed by atoms with Crippen LogP contribution in [0.5, 0.6) is 0 Å². The Morgan fingerprint density at radius 1 is 1.28 bits per heavy atom. The second-order valence-corrected chi connectivity index (χ2v) is 7.69. The van der Waals surface area contributed by atoms with Gasteiger partial charge in [-0.05, 0) is 58.4 Å². The van der Waals surface area contributed by atoms with E-state index >= 15 is 0 Å². The number of carbonyl (C=O) groups is 1. The van der Waals surface area contributed by atoms with Crippen molar-refractivity contribution in [2.45, 2.75) is 58.1 Å². The lowest BCUT2D eigenvalue weighted by Crippen LogP contribution is -2.41. The minimum absolute atomic E-state index is 0.207. The summed E-state index contributed by atoms with van der Waals surface area (Å²) >= 11 is 0. The van der Waals surface area contributed by atoms with Crippen LogP contribution < -0.4 is 5.32 Å². The van der Waals surface area contributed by atoms with Crippen LogP contribution in [0.4, 0.5) is 4.79 Å². The first kappa shape index (κ1) is 21.1. The van der Waals surface area contributed by atoms with Gasteiger partial charge in [0.2, 0.25) is 0 Å². The van der Waals surface area contributed by atoms with Crippen molar-refractivity contribution in [3.05, 3.63) is 36.8 Å². The van der Waals surface area contributed by atoms with Crippen molar-refractivity contribution in [3.63, 3.8) is 0 Å². The van der Waals surface area contributed by atoms with Crippen LogP contribution in [0.3, 0.4) is 0 Å². The molecule has 1 N–H and O–H groups in total. The van der Waals surface area contributed by atoms with E-state index in [1.165, 1.54) is 0 Å². The monoisotopic (exact) mass is 350 g/mol. The SMILES string of the molecule is C=CC(=CC(=C)OC)N(C)CC1CCC(NC(=O)OC(C)(C)C)CC1. The molecule has 0 bridgehead atoms. The third-order valence-electron chi connectivity index (χ3n) is 4.32. The first-order chi connectivity index (χ1) is 11.6. The maximum Gasteiger partial charge on any atom is 0.407 e. The van der Waals surface area contributed by atoms with Gasteiger partial charge in [0.05, 0.1) is 7.11 Å². The summed E-state index contributed by atoms with van der Waals surface area (Å²) in [5.41, 5.74) is 0.546. The van der Waals surface area contributed by atoms with Crippen LogP contribution in [0.2, 0.25) is 0 Å². The lowest BCUT2D eigenvalue weighted by atomic mass is 9.85. The molecule has 5 heteroatoms. The van der Waals surface area contributed by atoms with E-state index < -0.39 is 5.60 Å². The Kier molecular flexibility index (Phi) is 8.07. The summed E-state index contributed by atoms with van der Waals surface area (Å²) in [6.45, 7) is 14.3. The summed E-state index contributed by atoms with van der Waals surface area (Å²) in [6.07, 6.45) is 7.53. The van der Waals surface area contributed by atoms with Gasteiger partial charge >= 0.3 is 6.09 Å². The first-order valence-electron chi connectivity index (χ1n) is 8.92. The molecule has 1 amide bonds. The number of nitrogens with one attached hydrogen (secondary N) is 1. The average molecular weight is 351 g/mol. The van der Waals surface area contributed by atoms with Crippen molar-refractivity contribution >= 4 is 6.09 Å². The van der Waals surface area contributed by atoms with Gasteiger partial charge in [-0.25, -0.2) is 4.79 Å². The highest BCUT2D eigenvalue weighted by Gasteiger charge is 2.25. The molecular weight excluding hydrogens is 316 g/mol. The van der Waals surface area contributed by atoms with Crippen LogP contribution in [-0.2, 0) is 9.47 Å². The topological polar surface area (TPSA) is 50.8 Å². The summed E-state index contributed by atoms with van der Waals surface area (Å²) in [7, 11) is 3.67. The number of hydrogen-bond donors (Lipinski definition) is 1. The van der Waals surface area contributed by atoms with Crippen molar-refractivity contribution in [1.29, 1.82) is 0 Å². The molecule has 5 nitrogen and oxygen atoms in total. The van der Waals surface area contributed by atoms with Gasteiger partial charge < -0.3 is 19.7 Å². The number of carbonyl (C=O) groups excluding carboxylic acids is 1. The molecule has 1 rings (SSSR count). The molecule has 1 aliphatic carbocycles. The number of rotatable bonds is 7. The zero-order valence-corrected chi connectivity index (χ0v) is 16.4. The van der Waals surface area contributed by atoms with E-state index in [9.17, 15) is 4.79 Å². The molecule has 0 aliphatic heterocycles. The van der Waals surface area contributed by atoms with E-state index in [0.717, 1.165) is 37.9 Å². The Morgan fingerprint density at radius 3 is 2.36 bits per heavy atom. The molecule has 0 aromatic carbocycles. The van der Waals surface area contributed by atoms with Gasteiger partial charge in [-0.15, -0.1) is 0 Å². The Hall–Kier alpha value is -1.91. The van der Waals surface area contributed by atoms with Crippen molar-refractivity contribution < 1.29 is 14.3 Å². The van der Waals surface area contributed by atoms with Crippen LogP contribution in [0.1, 0.15) is 46.5 Å². The molecule has 0 spiro atoms. The fourth-order valence-electron chi connectivity index (χ4n) is 3.01. The average Bonchev–Trinajstić information content (AvgIpc) is 2.52. The quantitative estimate of drug-likeness (QED) is 0.551. The second-order valence-electron chi connectivity index (χ2n) is 7.69. The molecule has 0 heterocycles. The molecule has 1 saturated carbocycles. The van der Waals surface area contributed by atoms with Crippen LogP contribution in [-0.4, -0.2) is 43.3 Å². The lowest BCUT2D eigenvalue weighted by Gasteiger charge is -2.33. The Bertz CT molecular complexity index is 498. The lowest BCUT2D eigenvalue weighted by molar-refractivity contribution is 0.0485. The molecule has 1 aliphatic rings. The van der Waals surface area contributed by atoms with Gasteiger partial charge in [-0.2, -0.15) is 0 Å². The normalized spacial score (nSPS) is 21.2. The maximum atomic E-state index is 11.9. The number of likely N-dealkylation sites (N-methyl/N-ethyl adjacent to an activating group) is 1. The van der Waals surface area contributed by atoms with E-state index in [1.54, 1.807) is 7.11 Å². The fourth-order valence-corrected chi connectivity index (χ4v) is 3.01. The van der Waals surface area contributed by atoms with E-state index in [2.05, 4.69) is 30.4 Å². The first-order valence-corrected chi connectivity index (χ1v) is 8.92. The molecule has 1 fully saturated rings. The van der Waals surface area contributed by atoms with Crippen molar-refractivity contribution in [1.82, 2.24) is 10.2 Å². The summed E-state index contributed by atoms with van der Waals surface area (Å²) in [6, 6.07) is 0.207. The van der Waals surface area contributed by atoms with Crippen LogP contribution in [0, 0.1) is 5.92 Å². The zero-order chi connectivity index (χ0) is 19.0. The minimum atomic E-state index is -0.455. The number of nitrogens with zero attached hydrogens (tertiary/aromatic N) is 1. The predicted molar refractivity (Wildman–Crippen MR) is 102 cm³/mol. The van der Waals surface area contributed by atoms with Gasteiger partial charge in [-0.3, -0.25) is 0 Å². The standard InChI is InChI=1S/C20H34N2O3/c1-8-18(13-15(2)24-7)22(6)14-16-9-11-17(12-10-16)21-19(23)25-20(3,4)5/h8,13,16-17H,1-2,9-12,14H2,3-7H3,(H,21,23). The number of alkyl carbamates (subject to hydrolysis) is 1. The molecule has 0 saturated heterocycles. The highest BCUT2D eigenvalue weighted by molar-refractivity contribution is 5.68. The van der Waals surface area contributed by atoms with Crippen molar-refractivity contribution in [3.8, 4) is 0 Å².